The van der Waals surface area contributed by atoms with Crippen molar-refractivity contribution in [2.45, 2.75) is 32.2 Å². The molecule has 1 aromatic rings. The van der Waals surface area contributed by atoms with E-state index in [2.05, 4.69) is 5.32 Å². The van der Waals surface area contributed by atoms with Gasteiger partial charge in [-0.2, -0.15) is 0 Å². The number of nitrogens with zero attached hydrogens (tertiary/aromatic N) is 1. The van der Waals surface area contributed by atoms with E-state index >= 15 is 0 Å². The third-order valence-corrected chi connectivity index (χ3v) is 3.39. The molecule has 0 atom stereocenters. The molecule has 0 bridgehead atoms. The number of carbonyl (C=O) groups is 3. The van der Waals surface area contributed by atoms with E-state index in [9.17, 15) is 14.4 Å². The van der Waals surface area contributed by atoms with Crippen molar-refractivity contribution in [1.82, 2.24) is 4.90 Å². The third kappa shape index (κ3) is 4.13. The number of rotatable bonds is 6. The quantitative estimate of drug-likeness (QED) is 0.764. The van der Waals surface area contributed by atoms with Crippen molar-refractivity contribution < 1.29 is 14.4 Å². The zero-order valence-electron chi connectivity index (χ0n) is 11.8. The van der Waals surface area contributed by atoms with Gasteiger partial charge in [0, 0.05) is 38.0 Å². The summed E-state index contributed by atoms with van der Waals surface area (Å²) in [7, 11) is 0. The molecule has 0 aliphatic carbocycles. The molecule has 1 aliphatic rings. The molecule has 1 aliphatic heterocycles. The smallest absolute Gasteiger partial charge is 0.229 e. The zero-order chi connectivity index (χ0) is 15.2. The molecule has 21 heavy (non-hydrogen) atoms. The number of imide groups is 1. The fraction of sp³-hybridized carbons (Fsp3) is 0.400. The van der Waals surface area contributed by atoms with Gasteiger partial charge >= 0.3 is 0 Å². The Kier molecular flexibility index (Phi) is 5.05. The Labute approximate surface area is 123 Å². The normalized spacial score (nSPS) is 14.6. The standard InChI is InChI=1S/C15H19N3O3/c16-10-11-3-1-4-12(9-11)17-13(19)5-2-8-18-14(20)6-7-15(18)21/h1,3-4,9H,2,5-8,10,16H2,(H,17,19). The van der Waals surface area contributed by atoms with Crippen molar-refractivity contribution in [3.8, 4) is 0 Å². The Balaban J connectivity index is 1.77. The minimum absolute atomic E-state index is 0.136. The van der Waals surface area contributed by atoms with Crippen molar-refractivity contribution in [1.29, 1.82) is 0 Å². The molecule has 1 saturated heterocycles. The molecule has 2 rings (SSSR count). The monoisotopic (exact) mass is 289 g/mol. The summed E-state index contributed by atoms with van der Waals surface area (Å²) < 4.78 is 0. The molecule has 6 heteroatoms. The van der Waals surface area contributed by atoms with Crippen molar-refractivity contribution in [2.24, 2.45) is 5.73 Å². The van der Waals surface area contributed by atoms with E-state index in [0.29, 0.717) is 25.2 Å². The van der Waals surface area contributed by atoms with Crippen molar-refractivity contribution >= 4 is 23.4 Å². The number of amides is 3. The van der Waals surface area contributed by atoms with Gasteiger partial charge in [-0.3, -0.25) is 19.3 Å². The van der Waals surface area contributed by atoms with Crippen LogP contribution in [0.25, 0.3) is 0 Å². The van der Waals surface area contributed by atoms with E-state index in [1.807, 2.05) is 18.2 Å². The number of carbonyl (C=O) groups excluding carboxylic acids is 3. The van der Waals surface area contributed by atoms with Crippen LogP contribution >= 0.6 is 0 Å². The SMILES string of the molecule is NCc1cccc(NC(=O)CCCN2C(=O)CCC2=O)c1. The fourth-order valence-electron chi connectivity index (χ4n) is 2.27. The Bertz CT molecular complexity index is 541. The van der Waals surface area contributed by atoms with Gasteiger partial charge in [0.2, 0.25) is 17.7 Å². The molecule has 112 valence electrons. The highest BCUT2D eigenvalue weighted by atomic mass is 16.2. The number of hydrogen-bond acceptors (Lipinski definition) is 4. The Morgan fingerprint density at radius 3 is 2.62 bits per heavy atom. The van der Waals surface area contributed by atoms with Gasteiger partial charge in [-0.1, -0.05) is 12.1 Å². The Morgan fingerprint density at radius 2 is 1.95 bits per heavy atom. The molecular formula is C15H19N3O3. The first kappa shape index (κ1) is 15.2. The van der Waals surface area contributed by atoms with Crippen LogP contribution < -0.4 is 11.1 Å². The lowest BCUT2D eigenvalue weighted by Crippen LogP contribution is -2.30. The van der Waals surface area contributed by atoms with Gasteiger partial charge in [-0.25, -0.2) is 0 Å². The number of hydrogen-bond donors (Lipinski definition) is 2. The highest BCUT2D eigenvalue weighted by Crippen LogP contribution is 2.13. The molecule has 3 amide bonds. The van der Waals surface area contributed by atoms with Crippen LogP contribution in [0.15, 0.2) is 24.3 Å². The zero-order valence-corrected chi connectivity index (χ0v) is 11.8. The van der Waals surface area contributed by atoms with Gasteiger partial charge in [0.05, 0.1) is 0 Å². The minimum atomic E-state index is -0.143. The van der Waals surface area contributed by atoms with Crippen LogP contribution in [0.5, 0.6) is 0 Å². The Morgan fingerprint density at radius 1 is 1.24 bits per heavy atom. The number of benzene rings is 1. The van der Waals surface area contributed by atoms with E-state index in [1.54, 1.807) is 6.07 Å². The van der Waals surface area contributed by atoms with Gasteiger partial charge in [0.1, 0.15) is 0 Å². The second-order valence-electron chi connectivity index (χ2n) is 5.00. The summed E-state index contributed by atoms with van der Waals surface area (Å²) in [6.45, 7) is 0.733. The summed E-state index contributed by atoms with van der Waals surface area (Å²) in [6, 6.07) is 7.34. The predicted octanol–water partition coefficient (Wildman–Crippen LogP) is 1.01. The molecule has 0 spiro atoms. The van der Waals surface area contributed by atoms with Crippen LogP contribution in [0.1, 0.15) is 31.2 Å². The molecule has 6 nitrogen and oxygen atoms in total. The minimum Gasteiger partial charge on any atom is -0.326 e. The average molecular weight is 289 g/mol. The van der Waals surface area contributed by atoms with E-state index in [-0.39, 0.29) is 37.0 Å². The molecule has 1 fully saturated rings. The summed E-state index contributed by atoms with van der Waals surface area (Å²) in [4.78, 5) is 35.9. The van der Waals surface area contributed by atoms with Gasteiger partial charge in [0.25, 0.3) is 0 Å². The summed E-state index contributed by atoms with van der Waals surface area (Å²) in [5.41, 5.74) is 7.19. The van der Waals surface area contributed by atoms with E-state index in [0.717, 1.165) is 5.56 Å². The first-order valence-electron chi connectivity index (χ1n) is 7.02. The molecule has 0 saturated carbocycles. The molecule has 1 aromatic carbocycles. The molecule has 3 N–H and O–H groups in total. The molecule has 0 aromatic heterocycles. The largest absolute Gasteiger partial charge is 0.326 e. The summed E-state index contributed by atoms with van der Waals surface area (Å²) in [6.07, 6.45) is 1.32. The maximum absolute atomic E-state index is 11.8. The molecule has 0 radical (unpaired) electrons. The number of nitrogens with two attached hydrogens (primary N) is 1. The maximum atomic E-state index is 11.8. The molecule has 0 unspecified atom stereocenters. The summed E-state index contributed by atoms with van der Waals surface area (Å²) in [5, 5.41) is 2.78. The van der Waals surface area contributed by atoms with Crippen LogP contribution in [0.3, 0.4) is 0 Å². The summed E-state index contributed by atoms with van der Waals surface area (Å²) in [5.74, 6) is -0.421. The van der Waals surface area contributed by atoms with Crippen LogP contribution in [0, 0.1) is 0 Å². The second-order valence-corrected chi connectivity index (χ2v) is 5.00. The van der Waals surface area contributed by atoms with E-state index in [1.165, 1.54) is 4.90 Å². The number of anilines is 1. The fourth-order valence-corrected chi connectivity index (χ4v) is 2.27. The highest BCUT2D eigenvalue weighted by Gasteiger charge is 2.28. The first-order valence-corrected chi connectivity index (χ1v) is 7.02. The van der Waals surface area contributed by atoms with Gasteiger partial charge in [-0.15, -0.1) is 0 Å². The van der Waals surface area contributed by atoms with Gasteiger partial charge in [0.15, 0.2) is 0 Å². The van der Waals surface area contributed by atoms with Crippen molar-refractivity contribution in [3.63, 3.8) is 0 Å². The summed E-state index contributed by atoms with van der Waals surface area (Å²) >= 11 is 0. The highest BCUT2D eigenvalue weighted by molar-refractivity contribution is 6.02. The van der Waals surface area contributed by atoms with Crippen LogP contribution in [0.2, 0.25) is 0 Å². The Hall–Kier alpha value is -2.21. The maximum Gasteiger partial charge on any atom is 0.229 e. The van der Waals surface area contributed by atoms with Crippen LogP contribution in [0.4, 0.5) is 5.69 Å². The van der Waals surface area contributed by atoms with Crippen molar-refractivity contribution in [2.75, 3.05) is 11.9 Å². The first-order chi connectivity index (χ1) is 10.1. The van der Waals surface area contributed by atoms with E-state index in [4.69, 9.17) is 5.73 Å². The lowest BCUT2D eigenvalue weighted by Gasteiger charge is -2.13. The van der Waals surface area contributed by atoms with Gasteiger partial charge < -0.3 is 11.1 Å². The number of nitrogens with one attached hydrogen (secondary N) is 1. The number of likely N-dealkylation sites (tertiary alicyclic amines) is 1. The average Bonchev–Trinajstić information content (AvgIpc) is 2.79. The second kappa shape index (κ2) is 6.99. The van der Waals surface area contributed by atoms with E-state index < -0.39 is 0 Å². The molecule has 1 heterocycles. The topological polar surface area (TPSA) is 92.5 Å². The lowest BCUT2D eigenvalue weighted by molar-refractivity contribution is -0.138. The predicted molar refractivity (Wildman–Crippen MR) is 78.2 cm³/mol. The lowest BCUT2D eigenvalue weighted by atomic mass is 10.2. The van der Waals surface area contributed by atoms with Crippen LogP contribution in [-0.2, 0) is 20.9 Å². The van der Waals surface area contributed by atoms with Gasteiger partial charge in [-0.05, 0) is 24.1 Å². The van der Waals surface area contributed by atoms with Crippen LogP contribution in [-0.4, -0.2) is 29.2 Å². The molecular weight excluding hydrogens is 270 g/mol. The van der Waals surface area contributed by atoms with Crippen molar-refractivity contribution in [3.05, 3.63) is 29.8 Å². The third-order valence-electron chi connectivity index (χ3n) is 3.39.